The summed E-state index contributed by atoms with van der Waals surface area (Å²) in [4.78, 5) is 11.6. The van der Waals surface area contributed by atoms with E-state index in [9.17, 15) is 14.3 Å². The molecule has 1 amide bonds. The van der Waals surface area contributed by atoms with Crippen LogP contribution in [0.3, 0.4) is 0 Å². The normalized spacial score (nSPS) is 11.8. The molecule has 0 saturated carbocycles. The van der Waals surface area contributed by atoms with Gasteiger partial charge in [-0.1, -0.05) is 31.5 Å². The van der Waals surface area contributed by atoms with E-state index in [2.05, 4.69) is 5.32 Å². The van der Waals surface area contributed by atoms with Gasteiger partial charge in [0, 0.05) is 12.6 Å². The van der Waals surface area contributed by atoms with Crippen LogP contribution in [0.2, 0.25) is 5.02 Å². The Bertz CT molecular complexity index is 499. The third kappa shape index (κ3) is 4.94. The molecule has 110 valence electrons. The molecule has 0 aliphatic rings. The summed E-state index contributed by atoms with van der Waals surface area (Å²) in [6.07, 6.45) is 4.01. The van der Waals surface area contributed by atoms with E-state index >= 15 is 0 Å². The number of halogens is 2. The molecule has 0 radical (unpaired) electrons. The molecule has 20 heavy (non-hydrogen) atoms. The number of benzene rings is 1. The monoisotopic (exact) mass is 299 g/mol. The lowest BCUT2D eigenvalue weighted by molar-refractivity contribution is -0.117. The molecule has 0 aromatic heterocycles. The summed E-state index contributed by atoms with van der Waals surface area (Å²) in [7, 11) is 0. The first-order chi connectivity index (χ1) is 9.40. The number of nitrogens with one attached hydrogen (secondary N) is 1. The van der Waals surface area contributed by atoms with E-state index in [1.165, 1.54) is 30.4 Å². The number of hydrogen-bond acceptors (Lipinski definition) is 2. The smallest absolute Gasteiger partial charge is 0.244 e. The van der Waals surface area contributed by atoms with Crippen molar-refractivity contribution >= 4 is 23.6 Å². The molecular formula is C15H19ClFNO2. The first kappa shape index (κ1) is 16.7. The van der Waals surface area contributed by atoms with Gasteiger partial charge in [-0.15, -0.1) is 0 Å². The predicted molar refractivity (Wildman–Crippen MR) is 79.0 cm³/mol. The minimum Gasteiger partial charge on any atom is -0.388 e. The first-order valence-electron chi connectivity index (χ1n) is 6.53. The highest BCUT2D eigenvalue weighted by Gasteiger charge is 2.22. The van der Waals surface area contributed by atoms with Crippen molar-refractivity contribution < 1.29 is 14.3 Å². The Balaban J connectivity index is 2.57. The van der Waals surface area contributed by atoms with Crippen LogP contribution >= 0.6 is 11.6 Å². The summed E-state index contributed by atoms with van der Waals surface area (Å²) in [5.74, 6) is -0.810. The zero-order valence-electron chi connectivity index (χ0n) is 11.6. The van der Waals surface area contributed by atoms with Gasteiger partial charge in [0.2, 0.25) is 5.91 Å². The van der Waals surface area contributed by atoms with Crippen molar-refractivity contribution in [3.8, 4) is 0 Å². The summed E-state index contributed by atoms with van der Waals surface area (Å²) in [5.41, 5.74) is -0.240. The molecule has 1 aromatic carbocycles. The van der Waals surface area contributed by atoms with Crippen molar-refractivity contribution in [2.45, 2.75) is 32.3 Å². The van der Waals surface area contributed by atoms with Crippen LogP contribution < -0.4 is 5.32 Å². The molecule has 0 spiro atoms. The van der Waals surface area contributed by atoms with Gasteiger partial charge in [0.1, 0.15) is 5.82 Å². The van der Waals surface area contributed by atoms with Crippen LogP contribution in [-0.2, 0) is 4.79 Å². The van der Waals surface area contributed by atoms with Gasteiger partial charge in [0.25, 0.3) is 0 Å². The lowest BCUT2D eigenvalue weighted by Crippen LogP contribution is -2.41. The van der Waals surface area contributed by atoms with Gasteiger partial charge in [-0.05, 0) is 36.6 Å². The van der Waals surface area contributed by atoms with Crippen LogP contribution in [0.4, 0.5) is 4.39 Å². The van der Waals surface area contributed by atoms with Gasteiger partial charge in [0.15, 0.2) is 0 Å². The molecule has 0 atom stereocenters. The van der Waals surface area contributed by atoms with E-state index < -0.39 is 11.4 Å². The average Bonchev–Trinajstić information content (AvgIpc) is 2.46. The Morgan fingerprint density at radius 2 is 2.10 bits per heavy atom. The average molecular weight is 300 g/mol. The summed E-state index contributed by atoms with van der Waals surface area (Å²) in [5, 5.41) is 12.7. The molecule has 0 saturated heterocycles. The second-order valence-corrected chi connectivity index (χ2v) is 5.06. The van der Waals surface area contributed by atoms with E-state index in [-0.39, 0.29) is 17.5 Å². The summed E-state index contributed by atoms with van der Waals surface area (Å²) in [6, 6.07) is 4.21. The molecule has 1 aromatic rings. The van der Waals surface area contributed by atoms with Crippen LogP contribution in [-0.4, -0.2) is 23.2 Å². The highest BCUT2D eigenvalue weighted by molar-refractivity contribution is 6.30. The van der Waals surface area contributed by atoms with Crippen LogP contribution in [0.25, 0.3) is 6.08 Å². The van der Waals surface area contributed by atoms with Crippen LogP contribution in [0, 0.1) is 5.82 Å². The Morgan fingerprint density at radius 3 is 2.65 bits per heavy atom. The van der Waals surface area contributed by atoms with E-state index in [0.29, 0.717) is 18.4 Å². The molecule has 0 aliphatic carbocycles. The van der Waals surface area contributed by atoms with Crippen molar-refractivity contribution in [2.24, 2.45) is 0 Å². The zero-order chi connectivity index (χ0) is 15.2. The molecular weight excluding hydrogens is 281 g/mol. The van der Waals surface area contributed by atoms with Gasteiger partial charge in [0.05, 0.1) is 10.6 Å². The summed E-state index contributed by atoms with van der Waals surface area (Å²) >= 11 is 5.65. The Morgan fingerprint density at radius 1 is 1.45 bits per heavy atom. The van der Waals surface area contributed by atoms with Crippen molar-refractivity contribution in [2.75, 3.05) is 6.54 Å². The van der Waals surface area contributed by atoms with E-state index in [0.717, 1.165) is 0 Å². The highest BCUT2D eigenvalue weighted by Crippen LogP contribution is 2.17. The maximum atomic E-state index is 13.0. The lowest BCUT2D eigenvalue weighted by atomic mass is 9.98. The maximum Gasteiger partial charge on any atom is 0.244 e. The third-order valence-electron chi connectivity index (χ3n) is 3.28. The number of rotatable bonds is 6. The number of aliphatic hydroxyl groups is 1. The van der Waals surface area contributed by atoms with Crippen LogP contribution in [0.15, 0.2) is 24.3 Å². The van der Waals surface area contributed by atoms with Crippen molar-refractivity contribution in [1.29, 1.82) is 0 Å². The fourth-order valence-electron chi connectivity index (χ4n) is 1.60. The largest absolute Gasteiger partial charge is 0.388 e. The zero-order valence-corrected chi connectivity index (χ0v) is 12.4. The standard InChI is InChI=1S/C15H19ClFNO2/c1-3-15(20,4-2)10-18-14(19)8-6-11-5-7-13(17)12(16)9-11/h5-9,20H,3-4,10H2,1-2H3,(H,18,19). The predicted octanol–water partition coefficient (Wildman–Crippen LogP) is 3.16. The fraction of sp³-hybridized carbons (Fsp3) is 0.400. The second-order valence-electron chi connectivity index (χ2n) is 4.66. The molecule has 0 fully saturated rings. The molecule has 0 unspecified atom stereocenters. The van der Waals surface area contributed by atoms with Gasteiger partial charge in [-0.3, -0.25) is 4.79 Å². The molecule has 5 heteroatoms. The van der Waals surface area contributed by atoms with Crippen molar-refractivity contribution in [1.82, 2.24) is 5.32 Å². The summed E-state index contributed by atoms with van der Waals surface area (Å²) < 4.78 is 13.0. The van der Waals surface area contributed by atoms with Gasteiger partial charge in [-0.2, -0.15) is 0 Å². The van der Waals surface area contributed by atoms with E-state index in [4.69, 9.17) is 11.6 Å². The molecule has 3 nitrogen and oxygen atoms in total. The maximum absolute atomic E-state index is 13.0. The first-order valence-corrected chi connectivity index (χ1v) is 6.91. The van der Waals surface area contributed by atoms with Crippen molar-refractivity contribution in [3.63, 3.8) is 0 Å². The number of hydrogen-bond donors (Lipinski definition) is 2. The van der Waals surface area contributed by atoms with E-state index in [1.54, 1.807) is 0 Å². The minimum atomic E-state index is -0.872. The summed E-state index contributed by atoms with van der Waals surface area (Å²) in [6.45, 7) is 3.94. The molecule has 2 N–H and O–H groups in total. The van der Waals surface area contributed by atoms with Crippen LogP contribution in [0.5, 0.6) is 0 Å². The number of carbonyl (C=O) groups is 1. The van der Waals surface area contributed by atoms with E-state index in [1.807, 2.05) is 13.8 Å². The Kier molecular flexibility index (Phi) is 6.17. The molecule has 0 aliphatic heterocycles. The SMILES string of the molecule is CCC(O)(CC)CNC(=O)C=Cc1ccc(F)c(Cl)c1. The second kappa shape index (κ2) is 7.41. The van der Waals surface area contributed by atoms with Gasteiger partial charge in [-0.25, -0.2) is 4.39 Å². The topological polar surface area (TPSA) is 49.3 Å². The van der Waals surface area contributed by atoms with Gasteiger partial charge >= 0.3 is 0 Å². The minimum absolute atomic E-state index is 0.0129. The quantitative estimate of drug-likeness (QED) is 0.793. The van der Waals surface area contributed by atoms with Crippen LogP contribution in [0.1, 0.15) is 32.3 Å². The van der Waals surface area contributed by atoms with Crippen molar-refractivity contribution in [3.05, 3.63) is 40.7 Å². The molecule has 0 bridgehead atoms. The Labute approximate surface area is 123 Å². The van der Waals surface area contributed by atoms with Gasteiger partial charge < -0.3 is 10.4 Å². The highest BCUT2D eigenvalue weighted by atomic mass is 35.5. The fourth-order valence-corrected chi connectivity index (χ4v) is 1.79. The molecule has 0 heterocycles. The lowest BCUT2D eigenvalue weighted by Gasteiger charge is -2.24. The molecule has 1 rings (SSSR count). The third-order valence-corrected chi connectivity index (χ3v) is 3.57. The number of amides is 1. The number of carbonyl (C=O) groups excluding carboxylic acids is 1. The Hall–Kier alpha value is -1.39.